The van der Waals surface area contributed by atoms with Gasteiger partial charge in [-0.25, -0.2) is 0 Å². The molecule has 0 radical (unpaired) electrons. The number of carboxylic acids is 1. The summed E-state index contributed by atoms with van der Waals surface area (Å²) in [5, 5.41) is 12.8. The molecule has 3 heterocycles. The molecule has 2 aromatic rings. The van der Waals surface area contributed by atoms with Gasteiger partial charge < -0.3 is 19.9 Å². The summed E-state index contributed by atoms with van der Waals surface area (Å²) in [5.74, 6) is -2.42. The number of fused-ring (bicyclic) bond motifs is 1. The average Bonchev–Trinajstić information content (AvgIpc) is 3.01. The van der Waals surface area contributed by atoms with E-state index in [9.17, 15) is 24.3 Å². The van der Waals surface area contributed by atoms with E-state index in [0.29, 0.717) is 31.3 Å². The highest BCUT2D eigenvalue weighted by Gasteiger charge is 2.52. The quantitative estimate of drug-likeness (QED) is 0.795. The topological polar surface area (TPSA) is 109 Å². The molecule has 1 atom stereocenters. The van der Waals surface area contributed by atoms with Gasteiger partial charge in [0.2, 0.25) is 11.3 Å². The first-order chi connectivity index (χ1) is 13.3. The van der Waals surface area contributed by atoms with Gasteiger partial charge in [-0.1, -0.05) is 12.1 Å². The summed E-state index contributed by atoms with van der Waals surface area (Å²) in [4.78, 5) is 50.7. The minimum Gasteiger partial charge on any atom is -0.481 e. The number of nitrogens with zero attached hydrogens (tertiary/aromatic N) is 2. The van der Waals surface area contributed by atoms with Crippen molar-refractivity contribution < 1.29 is 19.5 Å². The number of piperidine rings is 1. The van der Waals surface area contributed by atoms with Crippen molar-refractivity contribution >= 4 is 28.7 Å². The number of hydrogen-bond acceptors (Lipinski definition) is 4. The lowest BCUT2D eigenvalue weighted by molar-refractivity contribution is -0.144. The van der Waals surface area contributed by atoms with Crippen LogP contribution in [0.4, 0.5) is 0 Å². The number of hydrogen-bond donors (Lipinski definition) is 2. The largest absolute Gasteiger partial charge is 0.481 e. The number of aromatic nitrogens is 1. The number of para-hydroxylation sites is 1. The van der Waals surface area contributed by atoms with Gasteiger partial charge in [0.05, 0.1) is 17.0 Å². The van der Waals surface area contributed by atoms with Gasteiger partial charge in [-0.2, -0.15) is 0 Å². The van der Waals surface area contributed by atoms with Gasteiger partial charge in [-0.3, -0.25) is 19.2 Å². The second-order valence-corrected chi connectivity index (χ2v) is 7.59. The lowest BCUT2D eigenvalue weighted by Gasteiger charge is -2.41. The van der Waals surface area contributed by atoms with Crippen LogP contribution < -0.4 is 10.7 Å². The highest BCUT2D eigenvalue weighted by Crippen LogP contribution is 2.37. The Morgan fingerprint density at radius 2 is 1.86 bits per heavy atom. The Morgan fingerprint density at radius 3 is 2.54 bits per heavy atom. The molecule has 146 valence electrons. The van der Waals surface area contributed by atoms with Crippen molar-refractivity contribution in [1.29, 1.82) is 0 Å². The Morgan fingerprint density at radius 1 is 1.18 bits per heavy atom. The molecule has 2 aliphatic rings. The number of nitrogens with one attached hydrogen (secondary N) is 1. The second kappa shape index (κ2) is 6.47. The molecule has 0 saturated carbocycles. The Labute approximate surface area is 160 Å². The number of carbonyl (C=O) groups excluding carboxylic acids is 2. The van der Waals surface area contributed by atoms with Crippen molar-refractivity contribution in [3.8, 4) is 0 Å². The average molecular weight is 383 g/mol. The van der Waals surface area contributed by atoms with E-state index in [-0.39, 0.29) is 29.2 Å². The number of amides is 2. The maximum Gasteiger partial charge on any atom is 0.309 e. The molecule has 8 nitrogen and oxygen atoms in total. The summed E-state index contributed by atoms with van der Waals surface area (Å²) < 4.78 is 1.76. The maximum absolute atomic E-state index is 13.0. The monoisotopic (exact) mass is 383 g/mol. The number of aliphatic carboxylic acids is 1. The minimum absolute atomic E-state index is 0.0332. The molecule has 1 aromatic carbocycles. The number of likely N-dealkylation sites (tertiary alicyclic amines) is 1. The van der Waals surface area contributed by atoms with Gasteiger partial charge >= 0.3 is 5.97 Å². The molecule has 1 aromatic heterocycles. The molecule has 4 rings (SSSR count). The molecule has 1 spiro atoms. The lowest BCUT2D eigenvalue weighted by atomic mass is 9.77. The van der Waals surface area contributed by atoms with Crippen molar-refractivity contribution in [3.05, 3.63) is 46.2 Å². The molecule has 0 unspecified atom stereocenters. The maximum atomic E-state index is 13.0. The van der Waals surface area contributed by atoms with E-state index in [0.717, 1.165) is 5.52 Å². The van der Waals surface area contributed by atoms with E-state index in [1.807, 2.05) is 12.1 Å². The van der Waals surface area contributed by atoms with Crippen LogP contribution in [0.1, 0.15) is 29.6 Å². The Kier molecular flexibility index (Phi) is 4.21. The van der Waals surface area contributed by atoms with Crippen molar-refractivity contribution in [1.82, 2.24) is 14.8 Å². The number of aryl methyl sites for hydroxylation is 1. The van der Waals surface area contributed by atoms with Crippen LogP contribution in [0.15, 0.2) is 35.3 Å². The number of carboxylic acid groups (broad SMARTS) is 1. The van der Waals surface area contributed by atoms with Crippen LogP contribution in [-0.2, 0) is 16.6 Å². The molecule has 2 amide bonds. The minimum atomic E-state index is -0.999. The number of carbonyl (C=O) groups is 3. The van der Waals surface area contributed by atoms with Gasteiger partial charge in [0.15, 0.2) is 0 Å². The zero-order chi connectivity index (χ0) is 20.1. The van der Waals surface area contributed by atoms with E-state index >= 15 is 0 Å². The van der Waals surface area contributed by atoms with Crippen LogP contribution >= 0.6 is 0 Å². The molecule has 2 saturated heterocycles. The predicted molar refractivity (Wildman–Crippen MR) is 101 cm³/mol. The summed E-state index contributed by atoms with van der Waals surface area (Å²) >= 11 is 0. The van der Waals surface area contributed by atoms with Crippen LogP contribution in [0, 0.1) is 5.92 Å². The summed E-state index contributed by atoms with van der Waals surface area (Å²) in [6, 6.07) is 7.12. The van der Waals surface area contributed by atoms with Crippen molar-refractivity contribution in [2.45, 2.75) is 24.8 Å². The zero-order valence-electron chi connectivity index (χ0n) is 15.5. The highest BCUT2D eigenvalue weighted by atomic mass is 16.4. The first-order valence-corrected chi connectivity index (χ1v) is 9.24. The van der Waals surface area contributed by atoms with E-state index < -0.39 is 17.4 Å². The first kappa shape index (κ1) is 18.2. The summed E-state index contributed by atoms with van der Waals surface area (Å²) in [5.41, 5.74) is -0.271. The normalized spacial score (nSPS) is 21.1. The molecule has 2 N–H and O–H groups in total. The van der Waals surface area contributed by atoms with Crippen molar-refractivity contribution in [3.63, 3.8) is 0 Å². The van der Waals surface area contributed by atoms with Gasteiger partial charge in [0.25, 0.3) is 5.91 Å². The van der Waals surface area contributed by atoms with E-state index in [2.05, 4.69) is 5.32 Å². The SMILES string of the molecule is Cn1cc(C(=O)N2CCC3(CC2)NC(=O)C[C@H]3C(=O)O)c(=O)c2ccccc21. The van der Waals surface area contributed by atoms with Crippen molar-refractivity contribution in [2.75, 3.05) is 13.1 Å². The Bertz CT molecular complexity index is 1050. The smallest absolute Gasteiger partial charge is 0.309 e. The van der Waals surface area contributed by atoms with E-state index in [1.54, 1.807) is 34.8 Å². The first-order valence-electron chi connectivity index (χ1n) is 9.24. The van der Waals surface area contributed by atoms with Crippen LogP contribution in [0.2, 0.25) is 0 Å². The third-order valence-corrected chi connectivity index (χ3v) is 6.01. The fourth-order valence-electron chi connectivity index (χ4n) is 4.47. The Balaban J connectivity index is 1.59. The van der Waals surface area contributed by atoms with Crippen LogP contribution in [0.3, 0.4) is 0 Å². The highest BCUT2D eigenvalue weighted by molar-refractivity contribution is 5.97. The van der Waals surface area contributed by atoms with Crippen LogP contribution in [0.25, 0.3) is 10.9 Å². The molecule has 28 heavy (non-hydrogen) atoms. The van der Waals surface area contributed by atoms with Gasteiger partial charge in [-0.15, -0.1) is 0 Å². The fourth-order valence-corrected chi connectivity index (χ4v) is 4.47. The van der Waals surface area contributed by atoms with Gasteiger partial charge in [-0.05, 0) is 25.0 Å². The number of pyridine rings is 1. The van der Waals surface area contributed by atoms with Crippen molar-refractivity contribution in [2.24, 2.45) is 13.0 Å². The zero-order valence-corrected chi connectivity index (χ0v) is 15.5. The molecule has 8 heteroatoms. The third kappa shape index (κ3) is 2.76. The number of benzene rings is 1. The van der Waals surface area contributed by atoms with Crippen LogP contribution in [-0.4, -0.2) is 51.0 Å². The van der Waals surface area contributed by atoms with Crippen LogP contribution in [0.5, 0.6) is 0 Å². The lowest BCUT2D eigenvalue weighted by Crippen LogP contribution is -2.56. The third-order valence-electron chi connectivity index (χ3n) is 6.01. The summed E-state index contributed by atoms with van der Waals surface area (Å²) in [6.07, 6.45) is 2.23. The van der Waals surface area contributed by atoms with E-state index in [4.69, 9.17) is 0 Å². The van der Waals surface area contributed by atoms with Gasteiger partial charge in [0, 0.05) is 38.1 Å². The predicted octanol–water partition coefficient (Wildman–Crippen LogP) is 0.734. The molecular formula is C20H21N3O5. The van der Waals surface area contributed by atoms with Gasteiger partial charge in [0.1, 0.15) is 5.56 Å². The standard InChI is InChI=1S/C20H21N3O5/c1-22-11-13(17(25)12-4-2-3-5-15(12)22)18(26)23-8-6-20(7-9-23)14(19(27)28)10-16(24)21-20/h2-5,11,14H,6-10H2,1H3,(H,21,24)(H,27,28)/t14-/m0/s1. The molecule has 0 bridgehead atoms. The number of rotatable bonds is 2. The molecule has 2 aliphatic heterocycles. The molecule has 0 aliphatic carbocycles. The molecular weight excluding hydrogens is 362 g/mol. The second-order valence-electron chi connectivity index (χ2n) is 7.59. The fraction of sp³-hybridized carbons (Fsp3) is 0.400. The summed E-state index contributed by atoms with van der Waals surface area (Å²) in [7, 11) is 1.79. The van der Waals surface area contributed by atoms with E-state index in [1.165, 1.54) is 0 Å². The summed E-state index contributed by atoms with van der Waals surface area (Å²) in [6.45, 7) is 0.581. The Hall–Kier alpha value is -3.16. The molecule has 2 fully saturated rings.